The van der Waals surface area contributed by atoms with E-state index in [4.69, 9.17) is 21.1 Å². The van der Waals surface area contributed by atoms with E-state index in [-0.39, 0.29) is 25.1 Å². The standard InChI is InChI=1S/C19H19ClN2O5/c1-26-16-9-13-15(10-17(16)27-2)22(11-12-5-3-4-6-14(12)20)19(25)21(7-8-23)18(13)24/h3-6,9-10,23H,7-8,11H2,1-2H3. The van der Waals surface area contributed by atoms with Gasteiger partial charge in [-0.1, -0.05) is 29.8 Å². The fraction of sp³-hybridized carbons (Fsp3) is 0.263. The van der Waals surface area contributed by atoms with Gasteiger partial charge < -0.3 is 14.6 Å². The first-order valence-electron chi connectivity index (χ1n) is 8.25. The number of aliphatic hydroxyl groups excluding tert-OH is 1. The summed E-state index contributed by atoms with van der Waals surface area (Å²) in [4.78, 5) is 25.8. The molecule has 0 fully saturated rings. The third kappa shape index (κ3) is 3.43. The predicted molar refractivity (Wildman–Crippen MR) is 103 cm³/mol. The Bertz CT molecular complexity index is 1100. The first-order chi connectivity index (χ1) is 13.0. The van der Waals surface area contributed by atoms with Crippen LogP contribution in [-0.4, -0.2) is 35.1 Å². The molecule has 1 N–H and O–H groups in total. The van der Waals surface area contributed by atoms with Crippen molar-refractivity contribution >= 4 is 22.5 Å². The van der Waals surface area contributed by atoms with Crippen LogP contribution >= 0.6 is 11.6 Å². The molecule has 0 radical (unpaired) electrons. The third-order valence-electron chi connectivity index (χ3n) is 4.34. The number of aliphatic hydroxyl groups is 1. The molecule has 0 saturated carbocycles. The second-order valence-electron chi connectivity index (χ2n) is 5.86. The van der Waals surface area contributed by atoms with Crippen molar-refractivity contribution in [3.63, 3.8) is 0 Å². The Kier molecular flexibility index (Phi) is 5.53. The minimum atomic E-state index is -0.534. The van der Waals surface area contributed by atoms with Gasteiger partial charge in [0.25, 0.3) is 5.56 Å². The van der Waals surface area contributed by atoms with Gasteiger partial charge in [-0.3, -0.25) is 13.9 Å². The van der Waals surface area contributed by atoms with Gasteiger partial charge in [-0.2, -0.15) is 0 Å². The monoisotopic (exact) mass is 390 g/mol. The van der Waals surface area contributed by atoms with Gasteiger partial charge in [0.1, 0.15) is 0 Å². The maximum Gasteiger partial charge on any atom is 0.331 e. The second kappa shape index (κ2) is 7.85. The zero-order valence-corrected chi connectivity index (χ0v) is 15.7. The van der Waals surface area contributed by atoms with Crippen molar-refractivity contribution in [2.24, 2.45) is 0 Å². The molecule has 0 spiro atoms. The molecule has 1 aromatic heterocycles. The first kappa shape index (κ1) is 19.0. The summed E-state index contributed by atoms with van der Waals surface area (Å²) in [6.45, 7) is -0.277. The highest BCUT2D eigenvalue weighted by atomic mass is 35.5. The number of rotatable bonds is 6. The molecule has 3 aromatic rings. The number of nitrogens with zero attached hydrogens (tertiary/aromatic N) is 2. The minimum Gasteiger partial charge on any atom is -0.493 e. The van der Waals surface area contributed by atoms with Crippen molar-refractivity contribution in [1.29, 1.82) is 0 Å². The molecule has 27 heavy (non-hydrogen) atoms. The van der Waals surface area contributed by atoms with Crippen molar-refractivity contribution in [2.75, 3.05) is 20.8 Å². The smallest absolute Gasteiger partial charge is 0.331 e. The SMILES string of the molecule is COc1cc2c(=O)n(CCO)c(=O)n(Cc3ccccc3Cl)c2cc1OC. The molecule has 8 heteroatoms. The molecule has 0 saturated heterocycles. The molecule has 0 aliphatic heterocycles. The summed E-state index contributed by atoms with van der Waals surface area (Å²) < 4.78 is 13.0. The van der Waals surface area contributed by atoms with Crippen LogP contribution in [0.15, 0.2) is 46.0 Å². The van der Waals surface area contributed by atoms with E-state index in [1.807, 2.05) is 12.1 Å². The van der Waals surface area contributed by atoms with Gasteiger partial charge in [0.2, 0.25) is 0 Å². The molecule has 0 bridgehead atoms. The molecule has 0 aliphatic carbocycles. The minimum absolute atomic E-state index is 0.107. The predicted octanol–water partition coefficient (Wildman–Crippen LogP) is 1.87. The van der Waals surface area contributed by atoms with Crippen LogP contribution in [0.3, 0.4) is 0 Å². The summed E-state index contributed by atoms with van der Waals surface area (Å²) in [6.07, 6.45) is 0. The second-order valence-corrected chi connectivity index (χ2v) is 6.27. The van der Waals surface area contributed by atoms with Crippen LogP contribution < -0.4 is 20.7 Å². The fourth-order valence-electron chi connectivity index (χ4n) is 2.99. The van der Waals surface area contributed by atoms with Gasteiger partial charge in [-0.15, -0.1) is 0 Å². The zero-order valence-electron chi connectivity index (χ0n) is 14.9. The van der Waals surface area contributed by atoms with E-state index in [0.717, 1.165) is 10.1 Å². The summed E-state index contributed by atoms with van der Waals surface area (Å²) >= 11 is 6.25. The van der Waals surface area contributed by atoms with E-state index < -0.39 is 11.2 Å². The van der Waals surface area contributed by atoms with Crippen LogP contribution in [0, 0.1) is 0 Å². The quantitative estimate of drug-likeness (QED) is 0.694. The average molecular weight is 391 g/mol. The molecule has 0 amide bonds. The Morgan fingerprint density at radius 1 is 1.04 bits per heavy atom. The number of aromatic nitrogens is 2. The maximum absolute atomic E-state index is 13.0. The number of fused-ring (bicyclic) bond motifs is 1. The van der Waals surface area contributed by atoms with Crippen molar-refractivity contribution in [2.45, 2.75) is 13.1 Å². The normalized spacial score (nSPS) is 11.0. The lowest BCUT2D eigenvalue weighted by Crippen LogP contribution is -2.41. The highest BCUT2D eigenvalue weighted by molar-refractivity contribution is 6.31. The van der Waals surface area contributed by atoms with Crippen molar-refractivity contribution in [1.82, 2.24) is 9.13 Å². The van der Waals surface area contributed by atoms with Gasteiger partial charge in [0.05, 0.1) is 44.8 Å². The van der Waals surface area contributed by atoms with Crippen LogP contribution in [0.1, 0.15) is 5.56 Å². The summed E-state index contributed by atoms with van der Waals surface area (Å²) in [5.74, 6) is 0.775. The summed E-state index contributed by atoms with van der Waals surface area (Å²) in [6, 6.07) is 10.3. The van der Waals surface area contributed by atoms with Crippen molar-refractivity contribution in [3.05, 3.63) is 67.8 Å². The molecular formula is C19H19ClN2O5. The number of ether oxygens (including phenoxy) is 2. The Labute approximate surface area is 160 Å². The number of methoxy groups -OCH3 is 2. The van der Waals surface area contributed by atoms with Crippen molar-refractivity contribution < 1.29 is 14.6 Å². The summed E-state index contributed by atoms with van der Waals surface area (Å²) in [5.41, 5.74) is 0.0948. The van der Waals surface area contributed by atoms with Crippen LogP contribution in [0.5, 0.6) is 11.5 Å². The maximum atomic E-state index is 13.0. The molecule has 142 valence electrons. The Morgan fingerprint density at radius 2 is 1.70 bits per heavy atom. The largest absolute Gasteiger partial charge is 0.493 e. The zero-order chi connectivity index (χ0) is 19.6. The van der Waals surface area contributed by atoms with E-state index in [9.17, 15) is 14.7 Å². The molecular weight excluding hydrogens is 372 g/mol. The van der Waals surface area contributed by atoms with Gasteiger partial charge in [0, 0.05) is 11.1 Å². The van der Waals surface area contributed by atoms with Crippen LogP contribution in [0.4, 0.5) is 0 Å². The van der Waals surface area contributed by atoms with Crippen molar-refractivity contribution in [3.8, 4) is 11.5 Å². The van der Waals surface area contributed by atoms with Gasteiger partial charge in [-0.05, 0) is 17.7 Å². The topological polar surface area (TPSA) is 82.7 Å². The molecule has 2 aromatic carbocycles. The van der Waals surface area contributed by atoms with Gasteiger partial charge >= 0.3 is 5.69 Å². The molecule has 0 aliphatic rings. The highest BCUT2D eigenvalue weighted by Crippen LogP contribution is 2.30. The first-order valence-corrected chi connectivity index (χ1v) is 8.63. The van der Waals surface area contributed by atoms with Gasteiger partial charge in [-0.25, -0.2) is 4.79 Å². The van der Waals surface area contributed by atoms with E-state index >= 15 is 0 Å². The molecule has 0 unspecified atom stereocenters. The average Bonchev–Trinajstić information content (AvgIpc) is 2.68. The molecule has 3 rings (SSSR count). The molecule has 0 atom stereocenters. The lowest BCUT2D eigenvalue weighted by Gasteiger charge is -2.16. The molecule has 7 nitrogen and oxygen atoms in total. The Hall–Kier alpha value is -2.77. The van der Waals surface area contributed by atoms with Crippen LogP contribution in [0.2, 0.25) is 5.02 Å². The van der Waals surface area contributed by atoms with E-state index in [2.05, 4.69) is 0 Å². The van der Waals surface area contributed by atoms with E-state index in [1.165, 1.54) is 24.9 Å². The third-order valence-corrected chi connectivity index (χ3v) is 4.71. The summed E-state index contributed by atoms with van der Waals surface area (Å²) in [5, 5.41) is 10.1. The number of hydrogen-bond donors (Lipinski definition) is 1. The van der Waals surface area contributed by atoms with Gasteiger partial charge in [0.15, 0.2) is 11.5 Å². The number of benzene rings is 2. The Morgan fingerprint density at radius 3 is 2.33 bits per heavy atom. The molecule has 1 heterocycles. The lowest BCUT2D eigenvalue weighted by molar-refractivity contribution is 0.270. The lowest BCUT2D eigenvalue weighted by atomic mass is 10.2. The number of halogens is 1. The Balaban J connectivity index is 2.37. The number of hydrogen-bond acceptors (Lipinski definition) is 5. The highest BCUT2D eigenvalue weighted by Gasteiger charge is 2.17. The fourth-order valence-corrected chi connectivity index (χ4v) is 3.19. The van der Waals surface area contributed by atoms with E-state index in [1.54, 1.807) is 18.2 Å². The summed E-state index contributed by atoms with van der Waals surface area (Å²) in [7, 11) is 2.95. The van der Waals surface area contributed by atoms with Crippen LogP contribution in [0.25, 0.3) is 10.9 Å². The van der Waals surface area contributed by atoms with Crippen LogP contribution in [-0.2, 0) is 13.1 Å². The van der Waals surface area contributed by atoms with E-state index in [0.29, 0.717) is 22.0 Å².